The van der Waals surface area contributed by atoms with Gasteiger partial charge in [-0.25, -0.2) is 10.1 Å². The van der Waals surface area contributed by atoms with Crippen LogP contribution < -0.4 is 16.0 Å². The molecular weight excluding hydrogens is 494 g/mol. The summed E-state index contributed by atoms with van der Waals surface area (Å²) in [5.41, 5.74) is 4.82. The molecule has 1 aliphatic heterocycles. The lowest BCUT2D eigenvalue weighted by Crippen LogP contribution is -2.82. The highest BCUT2D eigenvalue weighted by molar-refractivity contribution is 5.94. The second-order valence-corrected chi connectivity index (χ2v) is 10.2. The number of likely N-dealkylation sites (N-methyl/N-ethyl adjacent to an activating group) is 2. The topological polar surface area (TPSA) is 129 Å². The molecule has 202 valence electrons. The Labute approximate surface area is 227 Å². The van der Waals surface area contributed by atoms with Crippen molar-refractivity contribution in [3.05, 3.63) is 65.9 Å². The van der Waals surface area contributed by atoms with Crippen LogP contribution in [0.15, 0.2) is 54.7 Å². The first-order valence-corrected chi connectivity index (χ1v) is 13.2. The van der Waals surface area contributed by atoms with Crippen LogP contribution in [0.5, 0.6) is 0 Å². The van der Waals surface area contributed by atoms with Gasteiger partial charge < -0.3 is 15.1 Å². The molecule has 2 amide bonds. The molecule has 2 aromatic heterocycles. The summed E-state index contributed by atoms with van der Waals surface area (Å²) in [5.74, 6) is 1.14. The highest BCUT2D eigenvalue weighted by atomic mass is 16.2. The lowest BCUT2D eigenvalue weighted by molar-refractivity contribution is -0.488. The van der Waals surface area contributed by atoms with E-state index in [1.54, 1.807) is 14.7 Å². The minimum atomic E-state index is -0.0275. The van der Waals surface area contributed by atoms with Gasteiger partial charge >= 0.3 is 11.9 Å². The molecule has 11 nitrogen and oxygen atoms in total. The number of rotatable bonds is 6. The number of carbonyl (C=O) groups excluding carboxylic acids is 2. The Morgan fingerprint density at radius 2 is 1.87 bits per heavy atom. The van der Waals surface area contributed by atoms with Crippen LogP contribution in [0.4, 0.5) is 29.0 Å². The van der Waals surface area contributed by atoms with Crippen molar-refractivity contribution in [1.82, 2.24) is 29.4 Å². The van der Waals surface area contributed by atoms with Crippen molar-refractivity contribution < 1.29 is 20.2 Å². The molecule has 0 aliphatic carbocycles. The van der Waals surface area contributed by atoms with E-state index in [0.29, 0.717) is 30.4 Å². The number of amides is 2. The van der Waals surface area contributed by atoms with Crippen LogP contribution in [0.1, 0.15) is 35.2 Å². The highest BCUT2D eigenvalue weighted by Crippen LogP contribution is 2.21. The summed E-state index contributed by atoms with van der Waals surface area (Å²) in [7, 11) is 5.80. The molecule has 5 N–H and O–H groups in total. The Morgan fingerprint density at radius 3 is 2.72 bits per heavy atom. The number of nitrogens with two attached hydrogens (primary N) is 2. The number of quaternary nitrogens is 2. The van der Waals surface area contributed by atoms with E-state index in [1.165, 1.54) is 0 Å². The molecule has 0 saturated carbocycles. The second kappa shape index (κ2) is 11.7. The number of hydrogen-bond donors (Lipinski definition) is 3. The number of hydrogen-bond acceptors (Lipinski definition) is 7. The van der Waals surface area contributed by atoms with Gasteiger partial charge in [0.05, 0.1) is 12.6 Å². The number of anilines is 2. The number of fused-ring (bicyclic) bond motifs is 3. The van der Waals surface area contributed by atoms with Gasteiger partial charge in [-0.15, -0.1) is 9.50 Å². The van der Waals surface area contributed by atoms with Crippen molar-refractivity contribution in [3.8, 4) is 0 Å². The van der Waals surface area contributed by atoms with Crippen LogP contribution in [-0.2, 0) is 11.2 Å². The predicted octanol–water partition coefficient (Wildman–Crippen LogP) is 1.48. The molecule has 5 rings (SSSR count). The average molecular weight is 530 g/mol. The first-order chi connectivity index (χ1) is 18.9. The molecule has 0 unspecified atom stereocenters. The molecular formula is C28H35N9O2+2. The molecule has 0 atom stereocenters. The van der Waals surface area contributed by atoms with E-state index in [0.717, 1.165) is 54.1 Å². The maximum atomic E-state index is 13.0. The van der Waals surface area contributed by atoms with E-state index in [9.17, 15) is 9.59 Å². The highest BCUT2D eigenvalue weighted by Gasteiger charge is 2.19. The summed E-state index contributed by atoms with van der Waals surface area (Å²) in [4.78, 5) is 38.8. The molecule has 0 saturated heterocycles. The summed E-state index contributed by atoms with van der Waals surface area (Å²) < 4.78 is 1.74. The zero-order valence-corrected chi connectivity index (χ0v) is 22.6. The molecule has 4 bridgehead atoms. The SMILES string of the molecule is CN(C)CCN(C)C(=O)c1cccc([NH2+]c2nc3nc4c(cnn24)CCCCC(=O)[NH2+]c2cccc(c2)N3)c1. The number of benzene rings is 2. The van der Waals surface area contributed by atoms with Crippen LogP contribution in [0.2, 0.25) is 0 Å². The second-order valence-electron chi connectivity index (χ2n) is 10.2. The number of nitrogens with zero attached hydrogens (tertiary/aromatic N) is 6. The number of aryl methyl sites for hydroxylation is 1. The van der Waals surface area contributed by atoms with Gasteiger partial charge in [0.2, 0.25) is 5.95 Å². The third-order valence-corrected chi connectivity index (χ3v) is 6.71. The van der Waals surface area contributed by atoms with Crippen LogP contribution in [0, 0.1) is 0 Å². The van der Waals surface area contributed by atoms with E-state index in [2.05, 4.69) is 15.3 Å². The summed E-state index contributed by atoms with van der Waals surface area (Å²) in [6.45, 7) is 1.44. The van der Waals surface area contributed by atoms with Crippen LogP contribution in [0.25, 0.3) is 5.65 Å². The van der Waals surface area contributed by atoms with Crippen molar-refractivity contribution >= 4 is 46.4 Å². The van der Waals surface area contributed by atoms with E-state index in [4.69, 9.17) is 9.97 Å². The fourth-order valence-electron chi connectivity index (χ4n) is 4.56. The number of aromatic nitrogens is 4. The minimum Gasteiger partial charge on any atom is -0.340 e. The van der Waals surface area contributed by atoms with E-state index in [-0.39, 0.29) is 11.8 Å². The monoisotopic (exact) mass is 529 g/mol. The Hall–Kier alpha value is -4.19. The molecule has 1 aliphatic rings. The molecule has 4 aromatic rings. The fourth-order valence-corrected chi connectivity index (χ4v) is 4.56. The molecule has 0 radical (unpaired) electrons. The maximum Gasteiger partial charge on any atom is 0.337 e. The van der Waals surface area contributed by atoms with Gasteiger partial charge in [-0.2, -0.15) is 10.1 Å². The van der Waals surface area contributed by atoms with E-state index < -0.39 is 0 Å². The van der Waals surface area contributed by atoms with Gasteiger partial charge in [0.1, 0.15) is 11.4 Å². The first kappa shape index (κ1) is 26.4. The van der Waals surface area contributed by atoms with Crippen molar-refractivity contribution in [2.45, 2.75) is 25.7 Å². The van der Waals surface area contributed by atoms with E-state index in [1.807, 2.05) is 81.2 Å². The van der Waals surface area contributed by atoms with Gasteiger partial charge in [0, 0.05) is 49.1 Å². The van der Waals surface area contributed by atoms with Crippen molar-refractivity contribution in [2.75, 3.05) is 39.5 Å². The molecule has 0 spiro atoms. The van der Waals surface area contributed by atoms with Gasteiger partial charge in [0.25, 0.3) is 5.91 Å². The predicted molar refractivity (Wildman–Crippen MR) is 148 cm³/mol. The number of primary amides is 1. The molecule has 3 heterocycles. The summed E-state index contributed by atoms with van der Waals surface area (Å²) in [6, 6.07) is 15.2. The lowest BCUT2D eigenvalue weighted by Gasteiger charge is -2.19. The Morgan fingerprint density at radius 1 is 1.05 bits per heavy atom. The minimum absolute atomic E-state index is 0.0275. The zero-order valence-electron chi connectivity index (χ0n) is 22.6. The molecule has 11 heteroatoms. The van der Waals surface area contributed by atoms with Crippen molar-refractivity contribution in [2.24, 2.45) is 0 Å². The quantitative estimate of drug-likeness (QED) is 0.323. The molecule has 0 fully saturated rings. The standard InChI is InChI=1S/C28H33N9O2/c1-35(2)14-15-36(3)26(39)19-9-6-10-21(16-19)32-28-34-27-31-23-12-7-11-22(17-23)30-24(38)13-5-4-8-20-18-29-37(28)25(20)33-27/h6-7,9-12,16-18H,4-5,8,13-15H2,1-3H3,(H,30,38)(H2,31,32,33,34)/p+2. The number of nitrogens with one attached hydrogen (secondary N) is 1. The van der Waals surface area contributed by atoms with Crippen LogP contribution in [-0.4, -0.2) is 75.4 Å². The van der Waals surface area contributed by atoms with E-state index >= 15 is 0 Å². The Kier molecular flexibility index (Phi) is 7.92. The summed E-state index contributed by atoms with van der Waals surface area (Å²) in [6.07, 6.45) is 4.76. The van der Waals surface area contributed by atoms with Gasteiger partial charge in [-0.3, -0.25) is 10.1 Å². The first-order valence-electron chi connectivity index (χ1n) is 13.2. The van der Waals surface area contributed by atoms with Crippen molar-refractivity contribution in [3.63, 3.8) is 0 Å². The third-order valence-electron chi connectivity index (χ3n) is 6.71. The van der Waals surface area contributed by atoms with Gasteiger partial charge in [-0.05, 0) is 57.6 Å². The zero-order chi connectivity index (χ0) is 27.4. The van der Waals surface area contributed by atoms with Gasteiger partial charge in [-0.1, -0.05) is 12.1 Å². The largest absolute Gasteiger partial charge is 0.340 e. The molecule has 2 aromatic carbocycles. The lowest BCUT2D eigenvalue weighted by atomic mass is 10.1. The normalized spacial score (nSPS) is 13.9. The fraction of sp³-hybridized carbons (Fsp3) is 0.321. The Bertz CT molecular complexity index is 1500. The summed E-state index contributed by atoms with van der Waals surface area (Å²) in [5, 5.41) is 11.5. The number of carbonyl (C=O) groups is 2. The summed E-state index contributed by atoms with van der Waals surface area (Å²) >= 11 is 0. The van der Waals surface area contributed by atoms with Gasteiger partial charge in [0.15, 0.2) is 5.65 Å². The van der Waals surface area contributed by atoms with Crippen LogP contribution >= 0.6 is 0 Å². The third kappa shape index (κ3) is 6.45. The smallest absolute Gasteiger partial charge is 0.337 e. The van der Waals surface area contributed by atoms with Crippen LogP contribution in [0.3, 0.4) is 0 Å². The molecule has 39 heavy (non-hydrogen) atoms. The Balaban J connectivity index is 1.47. The average Bonchev–Trinajstić information content (AvgIpc) is 3.32. The van der Waals surface area contributed by atoms with Crippen molar-refractivity contribution in [1.29, 1.82) is 0 Å². The maximum absolute atomic E-state index is 13.0.